The molecule has 0 atom stereocenters. The van der Waals surface area contributed by atoms with E-state index in [1.807, 2.05) is 70.9 Å². The van der Waals surface area contributed by atoms with Crippen LogP contribution in [0.3, 0.4) is 0 Å². The van der Waals surface area contributed by atoms with Gasteiger partial charge in [0.05, 0.1) is 10.8 Å². The molecule has 0 N–H and O–H groups in total. The van der Waals surface area contributed by atoms with Gasteiger partial charge in [0.2, 0.25) is 0 Å². The first-order chi connectivity index (χ1) is 14.1. The van der Waals surface area contributed by atoms with E-state index in [2.05, 4.69) is 15.9 Å². The summed E-state index contributed by atoms with van der Waals surface area (Å²) in [5, 5.41) is 1.90. The number of halogens is 1. The molecule has 2 aromatic carbocycles. The highest BCUT2D eigenvalue weighted by molar-refractivity contribution is 9.10. The van der Waals surface area contributed by atoms with Crippen LogP contribution >= 0.6 is 27.3 Å². The molecule has 2 heterocycles. The number of piperidine rings is 1. The highest BCUT2D eigenvalue weighted by Crippen LogP contribution is 2.26. The average molecular weight is 470 g/mol. The Hall–Kier alpha value is -2.44. The van der Waals surface area contributed by atoms with E-state index >= 15 is 0 Å². The first-order valence-corrected chi connectivity index (χ1v) is 11.2. The van der Waals surface area contributed by atoms with E-state index in [1.165, 1.54) is 11.3 Å². The Morgan fingerprint density at radius 3 is 2.14 bits per heavy atom. The Kier molecular flexibility index (Phi) is 6.11. The van der Waals surface area contributed by atoms with E-state index in [4.69, 9.17) is 4.74 Å². The molecule has 148 valence electrons. The maximum atomic E-state index is 12.5. The molecular formula is C23H20BrNO3S. The zero-order valence-electron chi connectivity index (χ0n) is 15.7. The van der Waals surface area contributed by atoms with E-state index in [-0.39, 0.29) is 17.8 Å². The number of nitrogens with zero attached hydrogens (tertiary/aromatic N) is 1. The Morgan fingerprint density at radius 2 is 1.55 bits per heavy atom. The molecule has 1 saturated heterocycles. The summed E-state index contributed by atoms with van der Waals surface area (Å²) in [6.07, 6.45) is 1.26. The lowest BCUT2D eigenvalue weighted by atomic mass is 9.97. The van der Waals surface area contributed by atoms with Gasteiger partial charge >= 0.3 is 5.97 Å². The predicted molar refractivity (Wildman–Crippen MR) is 118 cm³/mol. The average Bonchev–Trinajstić information content (AvgIpc) is 3.29. The number of benzene rings is 2. The minimum absolute atomic E-state index is 0.0512. The number of thiophene rings is 1. The summed E-state index contributed by atoms with van der Waals surface area (Å²) in [5.74, 6) is 0.210. The van der Waals surface area contributed by atoms with Gasteiger partial charge in [-0.2, -0.15) is 0 Å². The van der Waals surface area contributed by atoms with Crippen LogP contribution in [0.2, 0.25) is 0 Å². The molecule has 0 bridgehead atoms. The second-order valence-corrected chi connectivity index (χ2v) is 8.86. The fourth-order valence-corrected chi connectivity index (χ4v) is 4.39. The van der Waals surface area contributed by atoms with Crippen LogP contribution < -0.4 is 4.74 Å². The van der Waals surface area contributed by atoms with Crippen molar-refractivity contribution in [2.75, 3.05) is 13.1 Å². The third kappa shape index (κ3) is 4.77. The van der Waals surface area contributed by atoms with Crippen molar-refractivity contribution in [1.82, 2.24) is 4.90 Å². The number of hydrogen-bond donors (Lipinski definition) is 0. The predicted octanol–water partition coefficient (Wildman–Crippen LogP) is 5.64. The summed E-state index contributed by atoms with van der Waals surface area (Å²) >= 11 is 4.89. The minimum Gasteiger partial charge on any atom is -0.426 e. The quantitative estimate of drug-likeness (QED) is 0.367. The smallest absolute Gasteiger partial charge is 0.314 e. The number of amides is 1. The number of carbonyl (C=O) groups is 2. The van der Waals surface area contributed by atoms with Crippen molar-refractivity contribution in [2.45, 2.75) is 12.8 Å². The molecule has 1 aromatic heterocycles. The van der Waals surface area contributed by atoms with E-state index in [9.17, 15) is 9.59 Å². The number of esters is 1. The first-order valence-electron chi connectivity index (χ1n) is 9.50. The van der Waals surface area contributed by atoms with Gasteiger partial charge in [0.25, 0.3) is 5.91 Å². The normalized spacial score (nSPS) is 14.6. The Balaban J connectivity index is 1.32. The van der Waals surface area contributed by atoms with Gasteiger partial charge < -0.3 is 9.64 Å². The van der Waals surface area contributed by atoms with Crippen molar-refractivity contribution < 1.29 is 14.3 Å². The van der Waals surface area contributed by atoms with Gasteiger partial charge in [-0.05, 0) is 59.7 Å². The number of ether oxygens (including phenoxy) is 1. The number of carbonyl (C=O) groups excluding carboxylic acids is 2. The van der Waals surface area contributed by atoms with E-state index < -0.39 is 0 Å². The second kappa shape index (κ2) is 8.93. The molecule has 6 heteroatoms. The standard InChI is InChI=1S/C23H20BrNO3S/c24-19-7-3-16(4-8-19)17-5-9-20(10-6-17)28-23(27)18-11-13-25(14-12-18)22(26)21-2-1-15-29-21/h1-10,15,18H,11-14H2. The zero-order chi connectivity index (χ0) is 20.2. The zero-order valence-corrected chi connectivity index (χ0v) is 18.1. The second-order valence-electron chi connectivity index (χ2n) is 7.00. The highest BCUT2D eigenvalue weighted by atomic mass is 79.9. The van der Waals surface area contributed by atoms with Crippen LogP contribution in [0, 0.1) is 5.92 Å². The molecule has 29 heavy (non-hydrogen) atoms. The van der Waals surface area contributed by atoms with Gasteiger partial charge in [0.1, 0.15) is 5.75 Å². The Bertz CT molecular complexity index is 976. The fraction of sp³-hybridized carbons (Fsp3) is 0.217. The van der Waals surface area contributed by atoms with Gasteiger partial charge in [-0.3, -0.25) is 9.59 Å². The molecule has 1 aliphatic heterocycles. The summed E-state index contributed by atoms with van der Waals surface area (Å²) in [6.45, 7) is 1.16. The lowest BCUT2D eigenvalue weighted by molar-refractivity contribution is -0.140. The number of rotatable bonds is 4. The van der Waals surface area contributed by atoms with Crippen LogP contribution in [-0.2, 0) is 4.79 Å². The molecule has 0 spiro atoms. The maximum Gasteiger partial charge on any atom is 0.314 e. The van der Waals surface area contributed by atoms with Gasteiger partial charge in [-0.1, -0.05) is 46.3 Å². The summed E-state index contributed by atoms with van der Waals surface area (Å²) in [7, 11) is 0. The van der Waals surface area contributed by atoms with Gasteiger partial charge in [0, 0.05) is 17.6 Å². The fourth-order valence-electron chi connectivity index (χ4n) is 3.43. The van der Waals surface area contributed by atoms with Crippen molar-refractivity contribution in [2.24, 2.45) is 5.92 Å². The lowest BCUT2D eigenvalue weighted by Crippen LogP contribution is -2.40. The van der Waals surface area contributed by atoms with Crippen LogP contribution in [-0.4, -0.2) is 29.9 Å². The molecule has 1 amide bonds. The van der Waals surface area contributed by atoms with Crippen LogP contribution in [0.25, 0.3) is 11.1 Å². The summed E-state index contributed by atoms with van der Waals surface area (Å²) in [5.41, 5.74) is 2.17. The number of hydrogen-bond acceptors (Lipinski definition) is 4. The minimum atomic E-state index is -0.218. The first kappa shape index (κ1) is 19.9. The van der Waals surface area contributed by atoms with E-state index in [0.29, 0.717) is 31.7 Å². The van der Waals surface area contributed by atoms with E-state index in [0.717, 1.165) is 20.5 Å². The third-order valence-corrected chi connectivity index (χ3v) is 6.48. The maximum absolute atomic E-state index is 12.5. The molecule has 4 rings (SSSR count). The lowest BCUT2D eigenvalue weighted by Gasteiger charge is -2.30. The highest BCUT2D eigenvalue weighted by Gasteiger charge is 2.29. The molecule has 0 saturated carbocycles. The van der Waals surface area contributed by atoms with Crippen LogP contribution in [0.5, 0.6) is 5.75 Å². The Labute approximate surface area is 182 Å². The molecule has 1 aliphatic rings. The van der Waals surface area contributed by atoms with Gasteiger partial charge in [0.15, 0.2) is 0 Å². The molecule has 0 unspecified atom stereocenters. The number of likely N-dealkylation sites (tertiary alicyclic amines) is 1. The monoisotopic (exact) mass is 469 g/mol. The SMILES string of the molecule is O=C(Oc1ccc(-c2ccc(Br)cc2)cc1)C1CCN(C(=O)c2cccs2)CC1. The van der Waals surface area contributed by atoms with Crippen LogP contribution in [0.4, 0.5) is 0 Å². The largest absolute Gasteiger partial charge is 0.426 e. The molecule has 0 aliphatic carbocycles. The summed E-state index contributed by atoms with van der Waals surface area (Å²) in [4.78, 5) is 27.5. The molecule has 3 aromatic rings. The third-order valence-electron chi connectivity index (χ3n) is 5.10. The van der Waals surface area contributed by atoms with Crippen LogP contribution in [0.15, 0.2) is 70.5 Å². The van der Waals surface area contributed by atoms with Crippen molar-refractivity contribution in [3.05, 3.63) is 75.4 Å². The molecule has 4 nitrogen and oxygen atoms in total. The van der Waals surface area contributed by atoms with Crippen molar-refractivity contribution in [3.63, 3.8) is 0 Å². The van der Waals surface area contributed by atoms with Crippen molar-refractivity contribution >= 4 is 39.1 Å². The van der Waals surface area contributed by atoms with Crippen molar-refractivity contribution in [3.8, 4) is 16.9 Å². The van der Waals surface area contributed by atoms with E-state index in [1.54, 1.807) is 0 Å². The van der Waals surface area contributed by atoms with Crippen molar-refractivity contribution in [1.29, 1.82) is 0 Å². The molecular weight excluding hydrogens is 450 g/mol. The van der Waals surface area contributed by atoms with Gasteiger partial charge in [-0.25, -0.2) is 0 Å². The Morgan fingerprint density at radius 1 is 0.931 bits per heavy atom. The van der Waals surface area contributed by atoms with Crippen LogP contribution in [0.1, 0.15) is 22.5 Å². The molecule has 0 radical (unpaired) electrons. The summed E-state index contributed by atoms with van der Waals surface area (Å²) in [6, 6.07) is 19.3. The summed E-state index contributed by atoms with van der Waals surface area (Å²) < 4.78 is 6.62. The molecule has 1 fully saturated rings. The topological polar surface area (TPSA) is 46.6 Å². The van der Waals surface area contributed by atoms with Gasteiger partial charge in [-0.15, -0.1) is 11.3 Å².